The molecule has 6 nitrogen and oxygen atoms in total. The van der Waals surface area contributed by atoms with Gasteiger partial charge in [-0.1, -0.05) is 37.7 Å². The van der Waals surface area contributed by atoms with E-state index in [1.54, 1.807) is 0 Å². The number of carbonyl (C=O) groups excluding carboxylic acids is 2. The number of hydrogen-bond acceptors (Lipinski definition) is 4. The Morgan fingerprint density at radius 3 is 2.89 bits per heavy atom. The van der Waals surface area contributed by atoms with Crippen LogP contribution in [0.2, 0.25) is 0 Å². The Morgan fingerprint density at radius 2 is 2.15 bits per heavy atom. The van der Waals surface area contributed by atoms with Crippen LogP contribution in [0.25, 0.3) is 11.0 Å². The molecule has 3 rings (SSSR count). The molecule has 1 saturated heterocycles. The van der Waals surface area contributed by atoms with Crippen molar-refractivity contribution in [1.82, 2.24) is 19.8 Å². The number of aromatic nitrogens is 2. The molecule has 1 aliphatic rings. The second kappa shape index (κ2) is 9.26. The molecule has 0 bridgehead atoms. The summed E-state index contributed by atoms with van der Waals surface area (Å²) in [5.74, 6) is 1.10. The van der Waals surface area contributed by atoms with Crippen LogP contribution in [0.3, 0.4) is 0 Å². The number of hydrogen-bond donors (Lipinski definition) is 1. The van der Waals surface area contributed by atoms with Gasteiger partial charge < -0.3 is 14.8 Å². The summed E-state index contributed by atoms with van der Waals surface area (Å²) in [6.45, 7) is 7.44. The summed E-state index contributed by atoms with van der Waals surface area (Å²) in [6.07, 6.45) is 2.42. The minimum Gasteiger partial charge on any atom is -0.355 e. The number of thioether (sulfide) groups is 1. The molecule has 2 aromatic rings. The van der Waals surface area contributed by atoms with Crippen LogP contribution in [0.4, 0.5) is 0 Å². The zero-order valence-electron chi connectivity index (χ0n) is 16.1. The quantitative estimate of drug-likeness (QED) is 0.530. The monoisotopic (exact) mass is 388 g/mol. The first-order valence-electron chi connectivity index (χ1n) is 9.67. The number of amides is 2. The molecule has 2 amide bonds. The van der Waals surface area contributed by atoms with E-state index in [1.807, 2.05) is 23.1 Å². The number of benzene rings is 1. The lowest BCUT2D eigenvalue weighted by Gasteiger charge is -2.15. The molecule has 1 aromatic heterocycles. The fourth-order valence-electron chi connectivity index (χ4n) is 3.32. The van der Waals surface area contributed by atoms with Gasteiger partial charge in [0.2, 0.25) is 11.8 Å². The zero-order valence-corrected chi connectivity index (χ0v) is 16.9. The summed E-state index contributed by atoms with van der Waals surface area (Å²) in [6, 6.07) is 8.10. The van der Waals surface area contributed by atoms with E-state index in [-0.39, 0.29) is 11.8 Å². The molecule has 1 aliphatic heterocycles. The van der Waals surface area contributed by atoms with E-state index in [2.05, 4.69) is 29.8 Å². The standard InChI is InChI=1S/C20H28N4O2S/c1-15(2)13-24-17-8-4-3-7-16(17)22-20(24)27-14-18(25)21-10-6-12-23-11-5-9-19(23)26/h3-4,7-8,15H,5-6,9-14H2,1-2H3,(H,21,25). The molecule has 0 radical (unpaired) electrons. The number of nitrogens with one attached hydrogen (secondary N) is 1. The van der Waals surface area contributed by atoms with Gasteiger partial charge in [0.1, 0.15) is 0 Å². The summed E-state index contributed by atoms with van der Waals surface area (Å²) < 4.78 is 2.21. The van der Waals surface area contributed by atoms with Gasteiger partial charge in [0.15, 0.2) is 5.16 Å². The van der Waals surface area contributed by atoms with Crippen molar-refractivity contribution in [3.05, 3.63) is 24.3 Å². The molecule has 7 heteroatoms. The Hall–Kier alpha value is -2.02. The minimum absolute atomic E-state index is 0.0101. The lowest BCUT2D eigenvalue weighted by molar-refractivity contribution is -0.127. The van der Waals surface area contributed by atoms with Crippen molar-refractivity contribution in [2.45, 2.75) is 44.8 Å². The lowest BCUT2D eigenvalue weighted by atomic mass is 10.2. The first-order valence-corrected chi connectivity index (χ1v) is 10.7. The summed E-state index contributed by atoms with van der Waals surface area (Å²) in [4.78, 5) is 30.3. The van der Waals surface area contributed by atoms with Crippen LogP contribution in [0, 0.1) is 5.92 Å². The van der Waals surface area contributed by atoms with Gasteiger partial charge in [0.05, 0.1) is 16.8 Å². The predicted octanol–water partition coefficient (Wildman–Crippen LogP) is 2.91. The number of nitrogens with zero attached hydrogens (tertiary/aromatic N) is 3. The average molecular weight is 389 g/mol. The molecule has 0 unspecified atom stereocenters. The average Bonchev–Trinajstić information content (AvgIpc) is 3.20. The summed E-state index contributed by atoms with van der Waals surface area (Å²) in [5, 5.41) is 3.84. The lowest BCUT2D eigenvalue weighted by Crippen LogP contribution is -2.31. The SMILES string of the molecule is CC(C)Cn1c(SCC(=O)NCCCN2CCCC2=O)nc2ccccc21. The van der Waals surface area contributed by atoms with Crippen LogP contribution in [-0.4, -0.2) is 51.7 Å². The van der Waals surface area contributed by atoms with Crippen molar-refractivity contribution in [1.29, 1.82) is 0 Å². The second-order valence-corrected chi connectivity index (χ2v) is 8.31. The number of imidazole rings is 1. The van der Waals surface area contributed by atoms with Crippen LogP contribution in [-0.2, 0) is 16.1 Å². The Morgan fingerprint density at radius 1 is 1.33 bits per heavy atom. The van der Waals surface area contributed by atoms with Crippen LogP contribution in [0.5, 0.6) is 0 Å². The van der Waals surface area contributed by atoms with E-state index in [1.165, 1.54) is 11.8 Å². The molecular formula is C20H28N4O2S. The van der Waals surface area contributed by atoms with Crippen LogP contribution in [0.1, 0.15) is 33.1 Å². The molecule has 27 heavy (non-hydrogen) atoms. The highest BCUT2D eigenvalue weighted by molar-refractivity contribution is 7.99. The maximum absolute atomic E-state index is 12.2. The second-order valence-electron chi connectivity index (χ2n) is 7.36. The van der Waals surface area contributed by atoms with Crippen LogP contribution >= 0.6 is 11.8 Å². The molecule has 1 fully saturated rings. The first-order chi connectivity index (χ1) is 13.0. The highest BCUT2D eigenvalue weighted by Gasteiger charge is 2.19. The summed E-state index contributed by atoms with van der Waals surface area (Å²) in [5.41, 5.74) is 2.08. The summed E-state index contributed by atoms with van der Waals surface area (Å²) in [7, 11) is 0. The highest BCUT2D eigenvalue weighted by atomic mass is 32.2. The van der Waals surface area contributed by atoms with E-state index >= 15 is 0 Å². The largest absolute Gasteiger partial charge is 0.355 e. The van der Waals surface area contributed by atoms with Gasteiger partial charge in [-0.15, -0.1) is 0 Å². The van der Waals surface area contributed by atoms with E-state index < -0.39 is 0 Å². The van der Waals surface area contributed by atoms with E-state index in [4.69, 9.17) is 4.98 Å². The third-order valence-electron chi connectivity index (χ3n) is 4.60. The molecule has 146 valence electrons. The molecule has 1 N–H and O–H groups in total. The Bertz CT molecular complexity index is 802. The Labute approximate surface area is 164 Å². The fraction of sp³-hybridized carbons (Fsp3) is 0.550. The molecule has 2 heterocycles. The van der Waals surface area contributed by atoms with Gasteiger partial charge >= 0.3 is 0 Å². The molecule has 0 aliphatic carbocycles. The van der Waals surface area contributed by atoms with E-state index in [0.717, 1.165) is 48.7 Å². The van der Waals surface area contributed by atoms with Crippen LogP contribution < -0.4 is 5.32 Å². The van der Waals surface area contributed by atoms with Gasteiger partial charge in [-0.3, -0.25) is 9.59 Å². The number of para-hydroxylation sites is 2. The van der Waals surface area contributed by atoms with E-state index in [9.17, 15) is 9.59 Å². The van der Waals surface area contributed by atoms with Gasteiger partial charge in [0.25, 0.3) is 0 Å². The molecule has 0 spiro atoms. The number of fused-ring (bicyclic) bond motifs is 1. The Kier molecular flexibility index (Phi) is 6.77. The third-order valence-corrected chi connectivity index (χ3v) is 5.57. The van der Waals surface area contributed by atoms with Gasteiger partial charge in [0, 0.05) is 32.6 Å². The van der Waals surface area contributed by atoms with Crippen LogP contribution in [0.15, 0.2) is 29.4 Å². The maximum Gasteiger partial charge on any atom is 0.230 e. The topological polar surface area (TPSA) is 67.2 Å². The van der Waals surface area contributed by atoms with Gasteiger partial charge in [-0.2, -0.15) is 0 Å². The first kappa shape index (κ1) is 19.7. The zero-order chi connectivity index (χ0) is 19.2. The molecular weight excluding hydrogens is 360 g/mol. The van der Waals surface area contributed by atoms with Crippen molar-refractivity contribution < 1.29 is 9.59 Å². The van der Waals surface area contributed by atoms with Crippen molar-refractivity contribution in [3.8, 4) is 0 Å². The molecule has 0 atom stereocenters. The Balaban J connectivity index is 1.49. The molecule has 1 aromatic carbocycles. The predicted molar refractivity (Wildman–Crippen MR) is 109 cm³/mol. The van der Waals surface area contributed by atoms with Gasteiger partial charge in [-0.25, -0.2) is 4.98 Å². The minimum atomic E-state index is 0.0101. The number of rotatable bonds is 9. The molecule has 0 saturated carbocycles. The third kappa shape index (κ3) is 5.25. The number of carbonyl (C=O) groups is 2. The number of likely N-dealkylation sites (tertiary alicyclic amines) is 1. The fourth-order valence-corrected chi connectivity index (χ4v) is 4.18. The van der Waals surface area contributed by atoms with Crippen molar-refractivity contribution in [2.75, 3.05) is 25.4 Å². The van der Waals surface area contributed by atoms with Crippen molar-refractivity contribution in [2.24, 2.45) is 5.92 Å². The normalized spacial score (nSPS) is 14.5. The van der Waals surface area contributed by atoms with Gasteiger partial charge in [-0.05, 0) is 30.9 Å². The summed E-state index contributed by atoms with van der Waals surface area (Å²) >= 11 is 1.48. The van der Waals surface area contributed by atoms with Crippen molar-refractivity contribution >= 4 is 34.6 Å². The maximum atomic E-state index is 12.2. The van der Waals surface area contributed by atoms with E-state index in [0.29, 0.717) is 24.6 Å². The highest BCUT2D eigenvalue weighted by Crippen LogP contribution is 2.25. The smallest absolute Gasteiger partial charge is 0.230 e. The van der Waals surface area contributed by atoms with Crippen molar-refractivity contribution in [3.63, 3.8) is 0 Å².